The molecule has 0 spiro atoms. The van der Waals surface area contributed by atoms with Crippen LogP contribution in [0.1, 0.15) is 130 Å². The number of carbonyl (C=O) groups excluding carboxylic acids is 6. The third kappa shape index (κ3) is 4.77. The largest absolute Gasteiger partial charge is 0.507 e. The van der Waals surface area contributed by atoms with E-state index in [1.165, 1.54) is 27.7 Å². The van der Waals surface area contributed by atoms with Gasteiger partial charge in [-0.05, 0) is 67.2 Å². The van der Waals surface area contributed by atoms with Crippen LogP contribution in [-0.2, 0) is 24.0 Å². The van der Waals surface area contributed by atoms with Crippen molar-refractivity contribution >= 4 is 34.7 Å². The maximum absolute atomic E-state index is 14.2. The van der Waals surface area contributed by atoms with Gasteiger partial charge in [-0.2, -0.15) is 0 Å². The number of ketones is 6. The van der Waals surface area contributed by atoms with Crippen molar-refractivity contribution in [3.63, 3.8) is 0 Å². The van der Waals surface area contributed by atoms with E-state index in [0.29, 0.717) is 0 Å². The lowest BCUT2D eigenvalue weighted by Gasteiger charge is -2.47. The minimum Gasteiger partial charge on any atom is -0.507 e. The number of carbonyl (C=O) groups is 6. The molecule has 3 aliphatic rings. The Bertz CT molecular complexity index is 1650. The molecule has 2 atom stereocenters. The molecule has 0 bridgehead atoms. The van der Waals surface area contributed by atoms with Crippen molar-refractivity contribution in [3.8, 4) is 17.2 Å². The number of ether oxygens (including phenoxy) is 1. The highest BCUT2D eigenvalue weighted by Crippen LogP contribution is 2.61. The summed E-state index contributed by atoms with van der Waals surface area (Å²) in [5.41, 5.74) is -5.91. The number of hydrogen-bond donors (Lipinski definition) is 2. The summed E-state index contributed by atoms with van der Waals surface area (Å²) < 4.78 is 6.41. The maximum Gasteiger partial charge on any atom is 0.175 e. The number of hydrogen-bond acceptors (Lipinski definition) is 9. The number of allylic oxidation sites excluding steroid dienone is 2. The van der Waals surface area contributed by atoms with Gasteiger partial charge in [0.25, 0.3) is 0 Å². The van der Waals surface area contributed by atoms with Crippen LogP contribution in [0.25, 0.3) is 0 Å². The smallest absolute Gasteiger partial charge is 0.175 e. The van der Waals surface area contributed by atoms with Gasteiger partial charge >= 0.3 is 0 Å². The molecule has 1 heterocycles. The van der Waals surface area contributed by atoms with E-state index < -0.39 is 91.7 Å². The van der Waals surface area contributed by atoms with Gasteiger partial charge in [-0.25, -0.2) is 0 Å². The van der Waals surface area contributed by atoms with Gasteiger partial charge in [0, 0.05) is 34.5 Å². The van der Waals surface area contributed by atoms with Gasteiger partial charge in [0.15, 0.2) is 34.7 Å². The number of fused-ring (bicyclic) bond motifs is 1. The van der Waals surface area contributed by atoms with E-state index in [1.807, 2.05) is 13.8 Å². The molecule has 4 rings (SSSR count). The first-order chi connectivity index (χ1) is 21.2. The van der Waals surface area contributed by atoms with Crippen LogP contribution in [0, 0.1) is 45.3 Å². The number of benzene rings is 1. The minimum atomic E-state index is -1.53. The zero-order valence-corrected chi connectivity index (χ0v) is 30.2. The zero-order chi connectivity index (χ0) is 36.3. The van der Waals surface area contributed by atoms with Crippen LogP contribution in [0.3, 0.4) is 0 Å². The monoisotopic (exact) mass is 650 g/mol. The molecule has 0 aromatic heterocycles. The Morgan fingerprint density at radius 2 is 1.15 bits per heavy atom. The first-order valence-electron chi connectivity index (χ1n) is 16.5. The van der Waals surface area contributed by atoms with Crippen LogP contribution >= 0.6 is 0 Å². The molecule has 0 amide bonds. The van der Waals surface area contributed by atoms with E-state index in [1.54, 1.807) is 55.4 Å². The summed E-state index contributed by atoms with van der Waals surface area (Å²) in [6, 6.07) is 0. The summed E-state index contributed by atoms with van der Waals surface area (Å²) >= 11 is 0. The third-order valence-corrected chi connectivity index (χ3v) is 10.8. The maximum atomic E-state index is 14.2. The van der Waals surface area contributed by atoms with Gasteiger partial charge in [-0.15, -0.1) is 0 Å². The summed E-state index contributed by atoms with van der Waals surface area (Å²) in [6.45, 7) is 22.8. The highest BCUT2D eigenvalue weighted by molar-refractivity contribution is 6.28. The summed E-state index contributed by atoms with van der Waals surface area (Å²) in [7, 11) is 0. The predicted octanol–water partition coefficient (Wildman–Crippen LogP) is 6.66. The van der Waals surface area contributed by atoms with Crippen LogP contribution in [0.2, 0.25) is 0 Å². The molecule has 0 radical (unpaired) electrons. The summed E-state index contributed by atoms with van der Waals surface area (Å²) in [6.07, 6.45) is 0. The molecule has 2 aliphatic carbocycles. The highest BCUT2D eigenvalue weighted by Gasteiger charge is 2.62. The van der Waals surface area contributed by atoms with E-state index in [4.69, 9.17) is 4.74 Å². The molecule has 2 N–H and O–H groups in total. The summed E-state index contributed by atoms with van der Waals surface area (Å²) in [4.78, 5) is 83.4. The molecular weight excluding hydrogens is 600 g/mol. The van der Waals surface area contributed by atoms with Crippen molar-refractivity contribution in [2.24, 2.45) is 45.3 Å². The van der Waals surface area contributed by atoms with Gasteiger partial charge in [0.05, 0.1) is 27.6 Å². The first-order valence-corrected chi connectivity index (χ1v) is 16.5. The Labute approximate surface area is 277 Å². The Morgan fingerprint density at radius 1 is 0.681 bits per heavy atom. The fraction of sp³-hybridized carbons (Fsp3) is 0.632. The van der Waals surface area contributed by atoms with E-state index >= 15 is 0 Å². The number of phenolic OH excluding ortho intramolecular Hbond substituents is 2. The molecular formula is C38H50O9. The van der Waals surface area contributed by atoms with Gasteiger partial charge in [-0.3, -0.25) is 28.8 Å². The van der Waals surface area contributed by atoms with Crippen molar-refractivity contribution < 1.29 is 43.7 Å². The van der Waals surface area contributed by atoms with Gasteiger partial charge in [-0.1, -0.05) is 41.5 Å². The third-order valence-electron chi connectivity index (χ3n) is 10.8. The Morgan fingerprint density at radius 3 is 1.57 bits per heavy atom. The van der Waals surface area contributed by atoms with Crippen molar-refractivity contribution in [2.75, 3.05) is 0 Å². The highest BCUT2D eigenvalue weighted by atomic mass is 16.5. The molecule has 9 nitrogen and oxygen atoms in total. The molecule has 1 saturated carbocycles. The van der Waals surface area contributed by atoms with Crippen molar-refractivity contribution in [2.45, 2.75) is 109 Å². The average molecular weight is 651 g/mol. The lowest BCUT2D eigenvalue weighted by molar-refractivity contribution is -0.161. The van der Waals surface area contributed by atoms with Crippen molar-refractivity contribution in [1.29, 1.82) is 0 Å². The SMILES string of the molecule is CC(C)C(=O)c1c(O)c([C@H](C(C)C)C2C(=O)C(C)(C)C(=O)C(C)(C)C2=O)c(O)c2c1OC1=C(C(=O)C(C)(C)C(=O)C1(C)C)[C@@H]2C(C)C. The molecule has 9 heteroatoms. The number of aromatic hydroxyl groups is 2. The Kier molecular flexibility index (Phi) is 8.44. The van der Waals surface area contributed by atoms with Crippen molar-refractivity contribution in [3.05, 3.63) is 28.0 Å². The molecule has 47 heavy (non-hydrogen) atoms. The second kappa shape index (κ2) is 11.0. The van der Waals surface area contributed by atoms with E-state index in [-0.39, 0.29) is 45.5 Å². The molecule has 0 unspecified atom stereocenters. The van der Waals surface area contributed by atoms with Crippen LogP contribution in [0.15, 0.2) is 11.3 Å². The second-order valence-corrected chi connectivity index (χ2v) is 16.8. The Hall–Kier alpha value is -3.62. The van der Waals surface area contributed by atoms with Crippen LogP contribution in [0.4, 0.5) is 0 Å². The number of phenols is 2. The lowest BCUT2D eigenvalue weighted by atomic mass is 9.54. The van der Waals surface area contributed by atoms with Crippen LogP contribution in [0.5, 0.6) is 17.2 Å². The first kappa shape index (κ1) is 36.2. The minimum absolute atomic E-state index is 0.0717. The summed E-state index contributed by atoms with van der Waals surface area (Å²) in [5, 5.41) is 24.5. The van der Waals surface area contributed by atoms with Gasteiger partial charge < -0.3 is 14.9 Å². The van der Waals surface area contributed by atoms with Gasteiger partial charge in [0.2, 0.25) is 0 Å². The molecule has 0 saturated heterocycles. The zero-order valence-electron chi connectivity index (χ0n) is 30.2. The Balaban J connectivity index is 2.19. The molecule has 1 aliphatic heterocycles. The van der Waals surface area contributed by atoms with Crippen molar-refractivity contribution in [1.82, 2.24) is 0 Å². The summed E-state index contributed by atoms with van der Waals surface area (Å²) in [5.74, 6) is -9.38. The van der Waals surface area contributed by atoms with E-state index in [9.17, 15) is 39.0 Å². The predicted molar refractivity (Wildman–Crippen MR) is 175 cm³/mol. The average Bonchev–Trinajstić information content (AvgIpc) is 2.96. The molecule has 256 valence electrons. The van der Waals surface area contributed by atoms with Crippen LogP contribution < -0.4 is 4.74 Å². The second-order valence-electron chi connectivity index (χ2n) is 16.8. The quantitative estimate of drug-likeness (QED) is 0.254. The van der Waals surface area contributed by atoms with Gasteiger partial charge in [0.1, 0.15) is 28.6 Å². The topological polar surface area (TPSA) is 152 Å². The number of rotatable bonds is 6. The fourth-order valence-electron chi connectivity index (χ4n) is 8.22. The standard InChI is InChI=1S/C38H50O9/c1-15(2)18(22-29(42)35(7,8)33(45)36(9,10)30(22)43)20-26(40)21-19(16(3)4)23-31(44)37(11,12)34(46)38(13,14)32(23)47-28(21)24(27(20)41)25(39)17(5)6/h15-19,22,40-41H,1-14H3/t18-,19+/m0/s1. The normalized spacial score (nSPS) is 24.1. The van der Waals surface area contributed by atoms with Crippen LogP contribution in [-0.4, -0.2) is 44.9 Å². The molecule has 1 fully saturated rings. The number of Topliss-reactive ketones (excluding diaryl/α,β-unsaturated/α-hetero) is 6. The molecule has 1 aromatic carbocycles. The fourth-order valence-corrected chi connectivity index (χ4v) is 8.22. The van der Waals surface area contributed by atoms with E-state index in [2.05, 4.69) is 0 Å². The molecule has 1 aromatic rings. The van der Waals surface area contributed by atoms with E-state index in [0.717, 1.165) is 0 Å². The lowest BCUT2D eigenvalue weighted by Crippen LogP contribution is -2.59.